The second kappa shape index (κ2) is 18.4. The van der Waals surface area contributed by atoms with Crippen LogP contribution in [-0.2, 0) is 0 Å². The average Bonchev–Trinajstić information content (AvgIpc) is 4.12. The van der Waals surface area contributed by atoms with Gasteiger partial charge in [-0.2, -0.15) is 0 Å². The molecule has 0 saturated heterocycles. The van der Waals surface area contributed by atoms with E-state index in [1.165, 1.54) is 0 Å². The van der Waals surface area contributed by atoms with Crippen molar-refractivity contribution < 1.29 is 27.8 Å². The molecule has 0 bridgehead atoms. The lowest BCUT2D eigenvalue weighted by Crippen LogP contribution is -2.11. The van der Waals surface area contributed by atoms with Crippen LogP contribution in [-0.4, -0.2) is 0 Å². The molecule has 0 fully saturated rings. The van der Waals surface area contributed by atoms with E-state index in [0.717, 1.165) is 111 Å². The van der Waals surface area contributed by atoms with Crippen LogP contribution in [0, 0.1) is 0 Å². The van der Waals surface area contributed by atoms with Crippen molar-refractivity contribution in [2.75, 3.05) is 9.80 Å². The van der Waals surface area contributed by atoms with Gasteiger partial charge in [0, 0.05) is 68.6 Å². The summed E-state index contributed by atoms with van der Waals surface area (Å²) in [4.78, 5) is 4.49. The van der Waals surface area contributed by atoms with Crippen LogP contribution in [0.15, 0.2) is 276 Å². The standard InChI is InChI=1S/C72H44N2O6/c1-3-13-45(14-4-1)49-37-50(46-15-5-2-6-16-46)39-56(38-49)74(55-31-36-67-72(44-55)79-65-22-12-10-20-63(65)77-67)53-29-34-60-58-32-25-48(40-68(58)80-70(60)42-53)47-23-26-51(27-24-47)73(52-28-33-59-57-17-7-8-18-61(57)75-69(59)41-52)54-30-35-66-71(43-54)78-64-21-11-9-19-62(64)76-66/h1-44H. The predicted molar refractivity (Wildman–Crippen MR) is 320 cm³/mol. The van der Waals surface area contributed by atoms with E-state index < -0.39 is 0 Å². The minimum absolute atomic E-state index is 0.630. The van der Waals surface area contributed by atoms with Crippen LogP contribution in [0.3, 0.4) is 0 Å². The number of benzene rings is 12. The first-order valence-corrected chi connectivity index (χ1v) is 26.6. The molecule has 4 heterocycles. The Morgan fingerprint density at radius 2 is 0.550 bits per heavy atom. The molecule has 0 unspecified atom stereocenters. The highest BCUT2D eigenvalue weighted by molar-refractivity contribution is 6.08. The number of hydrogen-bond acceptors (Lipinski definition) is 8. The first-order valence-electron chi connectivity index (χ1n) is 26.6. The number of ether oxygens (including phenoxy) is 4. The first-order chi connectivity index (χ1) is 39.6. The SMILES string of the molecule is c1ccc(-c2cc(-c3ccccc3)cc(N(c3ccc4c(c3)Oc3ccccc3O4)c3ccc4c(c3)oc3cc(-c5ccc(N(c6ccc7c(c6)Oc6ccccc6O7)c6ccc7c(c6)oc6ccccc67)cc5)ccc34)c2)cc1. The van der Waals surface area contributed by atoms with Crippen molar-refractivity contribution >= 4 is 78.0 Å². The van der Waals surface area contributed by atoms with E-state index >= 15 is 0 Å². The summed E-state index contributed by atoms with van der Waals surface area (Å²) in [6.07, 6.45) is 0. The molecule has 0 spiro atoms. The van der Waals surface area contributed by atoms with Gasteiger partial charge in [-0.25, -0.2) is 0 Å². The van der Waals surface area contributed by atoms with Gasteiger partial charge in [0.2, 0.25) is 0 Å². The molecule has 80 heavy (non-hydrogen) atoms. The number of rotatable bonds is 9. The lowest BCUT2D eigenvalue weighted by atomic mass is 9.97. The fraction of sp³-hybridized carbons (Fsp3) is 0. The van der Waals surface area contributed by atoms with Gasteiger partial charge in [-0.05, 0) is 155 Å². The smallest absolute Gasteiger partial charge is 0.172 e. The van der Waals surface area contributed by atoms with Crippen molar-refractivity contribution in [1.82, 2.24) is 0 Å². The Bertz CT molecular complexity index is 4680. The van der Waals surface area contributed by atoms with Crippen molar-refractivity contribution in [1.29, 1.82) is 0 Å². The molecule has 14 aromatic rings. The van der Waals surface area contributed by atoms with E-state index in [1.54, 1.807) is 0 Å². The largest absolute Gasteiger partial charge is 0.456 e. The van der Waals surface area contributed by atoms with Crippen molar-refractivity contribution in [2.24, 2.45) is 0 Å². The van der Waals surface area contributed by atoms with Crippen molar-refractivity contribution in [3.8, 4) is 79.4 Å². The number of fused-ring (bicyclic) bond motifs is 10. The molecule has 0 atom stereocenters. The summed E-state index contributed by atoms with van der Waals surface area (Å²) in [5.74, 6) is 5.28. The maximum atomic E-state index is 6.88. The van der Waals surface area contributed by atoms with Gasteiger partial charge in [0.05, 0.1) is 11.4 Å². The second-order valence-corrected chi connectivity index (χ2v) is 20.1. The summed E-state index contributed by atoms with van der Waals surface area (Å²) in [6.45, 7) is 0. The third kappa shape index (κ3) is 7.85. The minimum atomic E-state index is 0.630. The molecule has 0 aliphatic carbocycles. The summed E-state index contributed by atoms with van der Waals surface area (Å²) >= 11 is 0. The number of nitrogens with zero attached hydrogens (tertiary/aromatic N) is 2. The van der Waals surface area contributed by atoms with E-state index in [2.05, 4.69) is 192 Å². The predicted octanol–water partition coefficient (Wildman–Crippen LogP) is 21.2. The summed E-state index contributed by atoms with van der Waals surface area (Å²) in [6, 6.07) is 91.6. The highest BCUT2D eigenvalue weighted by Crippen LogP contribution is 2.51. The lowest BCUT2D eigenvalue weighted by Gasteiger charge is -2.28. The molecule has 0 N–H and O–H groups in total. The molecule has 16 rings (SSSR count). The fourth-order valence-corrected chi connectivity index (χ4v) is 11.3. The monoisotopic (exact) mass is 1030 g/mol. The Hall–Kier alpha value is -11.0. The van der Waals surface area contributed by atoms with Crippen LogP contribution in [0.2, 0.25) is 0 Å². The molecule has 0 amide bonds. The zero-order valence-electron chi connectivity index (χ0n) is 42.7. The van der Waals surface area contributed by atoms with Crippen molar-refractivity contribution in [3.05, 3.63) is 267 Å². The highest BCUT2D eigenvalue weighted by Gasteiger charge is 2.25. The third-order valence-corrected chi connectivity index (χ3v) is 15.1. The molecule has 8 heteroatoms. The minimum Gasteiger partial charge on any atom is -0.456 e. The first kappa shape index (κ1) is 45.3. The summed E-state index contributed by atoms with van der Waals surface area (Å²) in [7, 11) is 0. The Morgan fingerprint density at radius 1 is 0.188 bits per heavy atom. The van der Waals surface area contributed by atoms with Gasteiger partial charge in [-0.15, -0.1) is 0 Å². The lowest BCUT2D eigenvalue weighted by molar-refractivity contribution is 0.360. The van der Waals surface area contributed by atoms with E-state index in [1.807, 2.05) is 84.9 Å². The molecule has 0 saturated carbocycles. The van der Waals surface area contributed by atoms with Crippen molar-refractivity contribution in [2.45, 2.75) is 0 Å². The number of para-hydroxylation sites is 5. The van der Waals surface area contributed by atoms with Gasteiger partial charge >= 0.3 is 0 Å². The van der Waals surface area contributed by atoms with E-state index in [9.17, 15) is 0 Å². The van der Waals surface area contributed by atoms with Gasteiger partial charge in [-0.3, -0.25) is 0 Å². The molecule has 2 aliphatic rings. The van der Waals surface area contributed by atoms with Gasteiger partial charge < -0.3 is 37.6 Å². The summed E-state index contributed by atoms with van der Waals surface area (Å²) in [5, 5.41) is 4.19. The quantitative estimate of drug-likeness (QED) is 0.142. The van der Waals surface area contributed by atoms with E-state index in [-0.39, 0.29) is 0 Å². The van der Waals surface area contributed by atoms with Gasteiger partial charge in [0.25, 0.3) is 0 Å². The molecule has 0 radical (unpaired) electrons. The molecule has 2 aromatic heterocycles. The normalized spacial score (nSPS) is 12.2. The zero-order valence-corrected chi connectivity index (χ0v) is 42.7. The number of furan rings is 2. The van der Waals surface area contributed by atoms with Gasteiger partial charge in [-0.1, -0.05) is 121 Å². The maximum absolute atomic E-state index is 6.88. The summed E-state index contributed by atoms with van der Waals surface area (Å²) < 4.78 is 38.8. The molecule has 8 nitrogen and oxygen atoms in total. The Kier molecular flexibility index (Phi) is 10.4. The maximum Gasteiger partial charge on any atom is 0.172 e. The van der Waals surface area contributed by atoms with Gasteiger partial charge in [0.15, 0.2) is 46.0 Å². The van der Waals surface area contributed by atoms with Crippen LogP contribution in [0.5, 0.6) is 46.0 Å². The number of anilines is 6. The topological polar surface area (TPSA) is 69.7 Å². The average molecular weight is 1030 g/mol. The third-order valence-electron chi connectivity index (χ3n) is 15.1. The molecular formula is C72H44N2O6. The Labute approximate surface area is 459 Å². The Balaban J connectivity index is 0.776. The summed E-state index contributed by atoms with van der Waals surface area (Å²) in [5.41, 5.74) is 15.3. The van der Waals surface area contributed by atoms with Crippen LogP contribution >= 0.6 is 0 Å². The van der Waals surface area contributed by atoms with E-state index in [0.29, 0.717) is 46.0 Å². The van der Waals surface area contributed by atoms with Crippen LogP contribution in [0.4, 0.5) is 34.1 Å². The molecule has 12 aromatic carbocycles. The van der Waals surface area contributed by atoms with Crippen LogP contribution in [0.1, 0.15) is 0 Å². The van der Waals surface area contributed by atoms with E-state index in [4.69, 9.17) is 27.8 Å². The number of hydrogen-bond donors (Lipinski definition) is 0. The fourth-order valence-electron chi connectivity index (χ4n) is 11.3. The molecule has 2 aliphatic heterocycles. The van der Waals surface area contributed by atoms with Crippen LogP contribution < -0.4 is 28.7 Å². The second-order valence-electron chi connectivity index (χ2n) is 20.1. The van der Waals surface area contributed by atoms with Crippen LogP contribution in [0.25, 0.3) is 77.3 Å². The zero-order chi connectivity index (χ0) is 52.7. The van der Waals surface area contributed by atoms with Crippen molar-refractivity contribution in [3.63, 3.8) is 0 Å². The van der Waals surface area contributed by atoms with Gasteiger partial charge in [0.1, 0.15) is 22.3 Å². The highest BCUT2D eigenvalue weighted by atomic mass is 16.6. The Morgan fingerprint density at radius 3 is 1.10 bits per heavy atom. The molecule has 378 valence electrons. The molecular weight excluding hydrogens is 989 g/mol.